The van der Waals surface area contributed by atoms with Gasteiger partial charge in [0.1, 0.15) is 5.75 Å². The van der Waals surface area contributed by atoms with Gasteiger partial charge >= 0.3 is 42.8 Å². The summed E-state index contributed by atoms with van der Waals surface area (Å²) in [4.78, 5) is 3.81. The van der Waals surface area contributed by atoms with E-state index in [1.807, 2.05) is 0 Å². The molecule has 0 aliphatic carbocycles. The van der Waals surface area contributed by atoms with Crippen LogP contribution in [0.1, 0.15) is 0 Å². The number of rotatable bonds is 1. The van der Waals surface area contributed by atoms with Gasteiger partial charge in [-0.3, -0.25) is 4.98 Å². The Balaban J connectivity index is 0.000000261. The fraction of sp³-hybridized carbons (Fsp3) is 0.167. The van der Waals surface area contributed by atoms with Gasteiger partial charge in [-0.1, -0.05) is 0 Å². The molecule has 0 spiro atoms. The van der Waals surface area contributed by atoms with Gasteiger partial charge in [0.2, 0.25) is 0 Å². The number of hydrogen-bond acceptors (Lipinski definition) is 2. The third kappa shape index (κ3) is 8.65. The summed E-state index contributed by atoms with van der Waals surface area (Å²) >= 11 is -1.79. The number of halogens is 3. The van der Waals surface area contributed by atoms with E-state index >= 15 is 0 Å². The molecule has 12 heavy (non-hydrogen) atoms. The van der Waals surface area contributed by atoms with Crippen LogP contribution >= 0.6 is 27.6 Å². The molecule has 1 aromatic rings. The summed E-state index contributed by atoms with van der Waals surface area (Å²) in [7, 11) is 16.5. The summed E-state index contributed by atoms with van der Waals surface area (Å²) in [5, 5.41) is 0. The molecule has 0 amide bonds. The number of hydrogen-bond donors (Lipinski definition) is 0. The van der Waals surface area contributed by atoms with Crippen molar-refractivity contribution in [3.05, 3.63) is 24.5 Å². The summed E-state index contributed by atoms with van der Waals surface area (Å²) in [5.41, 5.74) is 0. The summed E-state index contributed by atoms with van der Waals surface area (Å²) in [5.74, 6) is 0.847. The molecular formula is C6H7AuCl3NO. The quantitative estimate of drug-likeness (QED) is 0.662. The second-order valence-corrected chi connectivity index (χ2v) is 10.9. The number of pyridine rings is 1. The van der Waals surface area contributed by atoms with Gasteiger partial charge in [0.15, 0.2) is 0 Å². The third-order valence-corrected chi connectivity index (χ3v) is 0.885. The summed E-state index contributed by atoms with van der Waals surface area (Å²) in [6, 6.07) is 3.61. The van der Waals surface area contributed by atoms with Crippen molar-refractivity contribution in [1.82, 2.24) is 4.98 Å². The van der Waals surface area contributed by atoms with Crippen LogP contribution in [0.15, 0.2) is 24.5 Å². The van der Waals surface area contributed by atoms with E-state index in [2.05, 4.69) is 4.98 Å². The van der Waals surface area contributed by atoms with Crippen molar-refractivity contribution in [2.75, 3.05) is 7.11 Å². The maximum atomic E-state index is 4.95. The second kappa shape index (κ2) is 8.17. The van der Waals surface area contributed by atoms with Crippen molar-refractivity contribution >= 4 is 27.6 Å². The van der Waals surface area contributed by atoms with Crippen LogP contribution in [0.2, 0.25) is 0 Å². The number of aromatic nitrogens is 1. The predicted molar refractivity (Wildman–Crippen MR) is 48.3 cm³/mol. The minimum atomic E-state index is -1.79. The first-order valence-corrected chi connectivity index (χ1v) is 10.8. The third-order valence-electron chi connectivity index (χ3n) is 0.885. The Morgan fingerprint density at radius 3 is 1.92 bits per heavy atom. The average Bonchev–Trinajstić information content (AvgIpc) is 2.05. The Kier molecular flexibility index (Phi) is 8.55. The van der Waals surface area contributed by atoms with Crippen LogP contribution in [0.5, 0.6) is 5.75 Å². The van der Waals surface area contributed by atoms with E-state index < -0.39 is 15.2 Å². The van der Waals surface area contributed by atoms with Crippen LogP contribution in [0.4, 0.5) is 0 Å². The van der Waals surface area contributed by atoms with Crippen LogP contribution in [-0.2, 0) is 15.2 Å². The minimum absolute atomic E-state index is 0.847. The zero-order valence-corrected chi connectivity index (χ0v) is 10.5. The number of methoxy groups -OCH3 is 1. The van der Waals surface area contributed by atoms with Crippen molar-refractivity contribution in [2.45, 2.75) is 0 Å². The summed E-state index contributed by atoms with van der Waals surface area (Å²) in [6.07, 6.45) is 3.39. The zero-order valence-electron chi connectivity index (χ0n) is 6.10. The zero-order chi connectivity index (χ0) is 9.40. The van der Waals surface area contributed by atoms with Gasteiger partial charge in [0.05, 0.1) is 7.11 Å². The van der Waals surface area contributed by atoms with Crippen molar-refractivity contribution in [2.24, 2.45) is 0 Å². The molecule has 0 fully saturated rings. The molecule has 0 bridgehead atoms. The molecule has 0 atom stereocenters. The van der Waals surface area contributed by atoms with Crippen LogP contribution in [-0.4, -0.2) is 12.1 Å². The molecule has 0 saturated carbocycles. The predicted octanol–water partition coefficient (Wildman–Crippen LogP) is 3.16. The van der Waals surface area contributed by atoms with Gasteiger partial charge < -0.3 is 4.74 Å². The first-order chi connectivity index (χ1) is 5.66. The van der Waals surface area contributed by atoms with E-state index in [1.54, 1.807) is 31.6 Å². The fourth-order valence-electron chi connectivity index (χ4n) is 0.474. The number of nitrogens with zero attached hydrogens (tertiary/aromatic N) is 1. The van der Waals surface area contributed by atoms with E-state index in [0.29, 0.717) is 0 Å². The molecule has 1 rings (SSSR count). The van der Waals surface area contributed by atoms with Crippen LogP contribution < -0.4 is 4.74 Å². The Hall–Kier alpha value is 0.560. The van der Waals surface area contributed by atoms with Crippen molar-refractivity contribution in [3.8, 4) is 5.75 Å². The number of ether oxygens (including phenoxy) is 1. The standard InChI is InChI=1S/C6H7NO.Au.3ClH/c1-8-6-2-4-7-5-3-6;;;;/h2-5H,1H3;;3*1H/q;+3;;;/p-3. The van der Waals surface area contributed by atoms with E-state index in [0.717, 1.165) is 5.75 Å². The first kappa shape index (κ1) is 12.6. The molecule has 0 saturated heterocycles. The van der Waals surface area contributed by atoms with Gasteiger partial charge in [0.25, 0.3) is 0 Å². The summed E-state index contributed by atoms with van der Waals surface area (Å²) < 4.78 is 4.87. The van der Waals surface area contributed by atoms with Crippen LogP contribution in [0.25, 0.3) is 0 Å². The van der Waals surface area contributed by atoms with Crippen LogP contribution in [0.3, 0.4) is 0 Å². The topological polar surface area (TPSA) is 22.1 Å². The van der Waals surface area contributed by atoms with Crippen molar-refractivity contribution in [1.29, 1.82) is 0 Å². The fourth-order valence-corrected chi connectivity index (χ4v) is 0.474. The van der Waals surface area contributed by atoms with Gasteiger partial charge in [-0.25, -0.2) is 0 Å². The van der Waals surface area contributed by atoms with Crippen molar-refractivity contribution < 1.29 is 19.9 Å². The molecule has 0 N–H and O–H groups in total. The molecule has 0 aliphatic heterocycles. The SMILES string of the molecule is COc1ccncc1.[Cl][Au]([Cl])[Cl]. The molecule has 6 heteroatoms. The van der Waals surface area contributed by atoms with E-state index in [1.165, 1.54) is 0 Å². The molecule has 0 radical (unpaired) electrons. The van der Waals surface area contributed by atoms with Gasteiger partial charge in [0, 0.05) is 12.4 Å². The molecule has 0 unspecified atom stereocenters. The normalized spacial score (nSPS) is 9.50. The summed E-state index contributed by atoms with van der Waals surface area (Å²) in [6.45, 7) is 0. The van der Waals surface area contributed by atoms with Gasteiger partial charge in [-0.2, -0.15) is 0 Å². The van der Waals surface area contributed by atoms with E-state index in [9.17, 15) is 0 Å². The molecule has 1 heterocycles. The van der Waals surface area contributed by atoms with Crippen LogP contribution in [0, 0.1) is 0 Å². The Morgan fingerprint density at radius 2 is 1.67 bits per heavy atom. The molecule has 0 aromatic carbocycles. The second-order valence-electron chi connectivity index (χ2n) is 1.52. The Morgan fingerprint density at radius 1 is 1.25 bits per heavy atom. The van der Waals surface area contributed by atoms with Gasteiger partial charge in [-0.15, -0.1) is 0 Å². The first-order valence-electron chi connectivity index (χ1n) is 2.71. The molecular weight excluding hydrogens is 405 g/mol. The van der Waals surface area contributed by atoms with Crippen molar-refractivity contribution in [3.63, 3.8) is 0 Å². The maximum absolute atomic E-state index is 4.95. The molecule has 1 aromatic heterocycles. The van der Waals surface area contributed by atoms with E-state index in [-0.39, 0.29) is 0 Å². The molecule has 2 nitrogen and oxygen atoms in total. The van der Waals surface area contributed by atoms with Gasteiger partial charge in [-0.05, 0) is 12.1 Å². The van der Waals surface area contributed by atoms with E-state index in [4.69, 9.17) is 32.3 Å². The monoisotopic (exact) mass is 411 g/mol. The molecule has 74 valence electrons. The molecule has 0 aliphatic rings. The average molecular weight is 412 g/mol. The Bertz CT molecular complexity index is 194. The Labute approximate surface area is 89.4 Å².